The van der Waals surface area contributed by atoms with Crippen LogP contribution < -0.4 is 20.1 Å². The van der Waals surface area contributed by atoms with Crippen LogP contribution in [0.3, 0.4) is 0 Å². The average molecular weight is 496 g/mol. The lowest BCUT2D eigenvalue weighted by Gasteiger charge is -2.22. The molecule has 1 atom stereocenters. The van der Waals surface area contributed by atoms with Crippen LogP contribution in [0.5, 0.6) is 11.5 Å². The Kier molecular flexibility index (Phi) is 8.17. The highest BCUT2D eigenvalue weighted by Crippen LogP contribution is 2.33. The van der Waals surface area contributed by atoms with E-state index in [0.29, 0.717) is 27.9 Å². The molecule has 0 bridgehead atoms. The number of nitrogens with one attached hydrogen (secondary N) is 2. The molecule has 2 N–H and O–H groups in total. The molecule has 2 aromatic carbocycles. The molecule has 0 aliphatic carbocycles. The second-order valence-corrected chi connectivity index (χ2v) is 10.5. The normalized spacial score (nSPS) is 12.2. The van der Waals surface area contributed by atoms with Gasteiger partial charge in [-0.3, -0.25) is 9.59 Å². The van der Waals surface area contributed by atoms with Gasteiger partial charge in [0.25, 0.3) is 5.91 Å². The summed E-state index contributed by atoms with van der Waals surface area (Å²) in [6.45, 7) is 10.2. The molecule has 3 rings (SSSR count). The molecule has 0 spiro atoms. The summed E-state index contributed by atoms with van der Waals surface area (Å²) >= 11 is 1.32. The fraction of sp³-hybridized carbons (Fsp3) is 0.370. The van der Waals surface area contributed by atoms with Crippen molar-refractivity contribution in [1.82, 2.24) is 10.3 Å². The third-order valence-corrected chi connectivity index (χ3v) is 6.42. The van der Waals surface area contributed by atoms with Crippen molar-refractivity contribution >= 4 is 28.3 Å². The lowest BCUT2D eigenvalue weighted by atomic mass is 9.86. The summed E-state index contributed by atoms with van der Waals surface area (Å²) in [5.74, 6) is 0.515. The van der Waals surface area contributed by atoms with Crippen LogP contribution in [0.2, 0.25) is 0 Å². The van der Waals surface area contributed by atoms with Crippen LogP contribution in [0.15, 0.2) is 47.8 Å². The number of methoxy groups -OCH3 is 2. The van der Waals surface area contributed by atoms with Gasteiger partial charge >= 0.3 is 0 Å². The van der Waals surface area contributed by atoms with Gasteiger partial charge in [-0.15, -0.1) is 11.3 Å². The first kappa shape index (κ1) is 26.2. The molecule has 0 aliphatic rings. The molecular weight excluding hydrogens is 462 g/mol. The van der Waals surface area contributed by atoms with Crippen molar-refractivity contribution in [3.8, 4) is 22.8 Å². The number of thiazole rings is 1. The first-order chi connectivity index (χ1) is 16.5. The molecule has 1 aromatic heterocycles. The van der Waals surface area contributed by atoms with Gasteiger partial charge < -0.3 is 20.1 Å². The maximum absolute atomic E-state index is 13.0. The minimum Gasteiger partial charge on any atom is -0.493 e. The molecule has 0 saturated heterocycles. The van der Waals surface area contributed by atoms with Crippen LogP contribution in [0, 0.1) is 5.92 Å². The summed E-state index contributed by atoms with van der Waals surface area (Å²) < 4.78 is 10.6. The van der Waals surface area contributed by atoms with Gasteiger partial charge in [0.2, 0.25) is 5.91 Å². The summed E-state index contributed by atoms with van der Waals surface area (Å²) in [7, 11) is 3.16. The zero-order valence-corrected chi connectivity index (χ0v) is 22.1. The van der Waals surface area contributed by atoms with Crippen molar-refractivity contribution in [3.05, 3.63) is 59.0 Å². The average Bonchev–Trinajstić information content (AvgIpc) is 3.29. The number of ether oxygens (including phenoxy) is 2. The highest BCUT2D eigenvalue weighted by Gasteiger charge is 2.26. The molecule has 8 heteroatoms. The zero-order valence-electron chi connectivity index (χ0n) is 21.3. The quantitative estimate of drug-likeness (QED) is 0.430. The van der Waals surface area contributed by atoms with E-state index >= 15 is 0 Å². The van der Waals surface area contributed by atoms with E-state index in [2.05, 4.69) is 36.4 Å². The maximum atomic E-state index is 13.0. The first-order valence-corrected chi connectivity index (χ1v) is 12.3. The molecule has 0 unspecified atom stereocenters. The van der Waals surface area contributed by atoms with Crippen LogP contribution in [0.25, 0.3) is 11.3 Å². The molecule has 2 amide bonds. The number of aromatic nitrogens is 1. The van der Waals surface area contributed by atoms with Gasteiger partial charge in [0.05, 0.1) is 19.9 Å². The lowest BCUT2D eigenvalue weighted by Crippen LogP contribution is -2.47. The van der Waals surface area contributed by atoms with Gasteiger partial charge in [-0.05, 0) is 47.2 Å². The summed E-state index contributed by atoms with van der Waals surface area (Å²) in [6, 6.07) is 12.3. The number of rotatable bonds is 8. The molecule has 3 aromatic rings. The maximum Gasteiger partial charge on any atom is 0.251 e. The first-order valence-electron chi connectivity index (χ1n) is 11.4. The number of hydrogen-bond acceptors (Lipinski definition) is 6. The van der Waals surface area contributed by atoms with Gasteiger partial charge in [0.1, 0.15) is 6.04 Å². The molecule has 0 saturated carbocycles. The van der Waals surface area contributed by atoms with E-state index in [9.17, 15) is 9.59 Å². The van der Waals surface area contributed by atoms with Crippen molar-refractivity contribution in [3.63, 3.8) is 0 Å². The predicted octanol–water partition coefficient (Wildman–Crippen LogP) is 5.52. The van der Waals surface area contributed by atoms with E-state index in [1.54, 1.807) is 26.4 Å². The van der Waals surface area contributed by atoms with Gasteiger partial charge in [0, 0.05) is 16.5 Å². The number of amides is 2. The van der Waals surface area contributed by atoms with E-state index < -0.39 is 6.04 Å². The highest BCUT2D eigenvalue weighted by molar-refractivity contribution is 7.14. The Morgan fingerprint density at radius 1 is 0.971 bits per heavy atom. The fourth-order valence-corrected chi connectivity index (χ4v) is 4.25. The highest BCUT2D eigenvalue weighted by atomic mass is 32.1. The minimum atomic E-state index is -0.710. The Morgan fingerprint density at radius 2 is 1.63 bits per heavy atom. The van der Waals surface area contributed by atoms with E-state index in [1.807, 2.05) is 49.6 Å². The molecule has 7 nitrogen and oxygen atoms in total. The summed E-state index contributed by atoms with van der Waals surface area (Å²) in [4.78, 5) is 30.4. The van der Waals surface area contributed by atoms with Gasteiger partial charge in [-0.1, -0.05) is 46.8 Å². The standard InChI is InChI=1S/C27H33N3O4S/c1-16(2)23(29-24(31)17-8-11-19(12-9-17)27(3,4)5)25(32)30-26-28-20(15-35-26)18-10-13-21(33-6)22(14-18)34-7/h8-16,23H,1-7H3,(H,29,31)(H,28,30,32)/t23-/m0/s1. The van der Waals surface area contributed by atoms with Crippen LogP contribution in [-0.4, -0.2) is 37.1 Å². The number of anilines is 1. The molecule has 0 fully saturated rings. The third-order valence-electron chi connectivity index (χ3n) is 5.66. The number of benzene rings is 2. The van der Waals surface area contributed by atoms with Gasteiger partial charge in [-0.2, -0.15) is 0 Å². The monoisotopic (exact) mass is 495 g/mol. The number of carbonyl (C=O) groups excluding carboxylic acids is 2. The lowest BCUT2D eigenvalue weighted by molar-refractivity contribution is -0.118. The van der Waals surface area contributed by atoms with E-state index in [1.165, 1.54) is 11.3 Å². The van der Waals surface area contributed by atoms with E-state index in [4.69, 9.17) is 9.47 Å². The molecule has 1 heterocycles. The number of hydrogen-bond donors (Lipinski definition) is 2. The zero-order chi connectivity index (χ0) is 25.8. The van der Waals surface area contributed by atoms with Crippen LogP contribution in [-0.2, 0) is 10.2 Å². The van der Waals surface area contributed by atoms with E-state index in [0.717, 1.165) is 11.1 Å². The summed E-state index contributed by atoms with van der Waals surface area (Å²) in [5.41, 5.74) is 3.20. The Bertz CT molecular complexity index is 1180. The van der Waals surface area contributed by atoms with Crippen molar-refractivity contribution in [2.24, 2.45) is 5.92 Å². The molecular formula is C27H33N3O4S. The van der Waals surface area contributed by atoms with Crippen molar-refractivity contribution in [2.45, 2.75) is 46.1 Å². The Hall–Kier alpha value is -3.39. The molecule has 0 aliphatic heterocycles. The Labute approximate surface area is 210 Å². The fourth-order valence-electron chi connectivity index (χ4n) is 3.52. The smallest absolute Gasteiger partial charge is 0.251 e. The van der Waals surface area contributed by atoms with Crippen molar-refractivity contribution in [1.29, 1.82) is 0 Å². The third kappa shape index (κ3) is 6.39. The van der Waals surface area contributed by atoms with Crippen LogP contribution >= 0.6 is 11.3 Å². The molecule has 35 heavy (non-hydrogen) atoms. The summed E-state index contributed by atoms with van der Waals surface area (Å²) in [6.07, 6.45) is 0. The van der Waals surface area contributed by atoms with Crippen molar-refractivity contribution in [2.75, 3.05) is 19.5 Å². The molecule has 186 valence electrons. The minimum absolute atomic E-state index is 0.00112. The van der Waals surface area contributed by atoms with Gasteiger partial charge in [0.15, 0.2) is 16.6 Å². The largest absolute Gasteiger partial charge is 0.493 e. The Morgan fingerprint density at radius 3 is 2.20 bits per heavy atom. The van der Waals surface area contributed by atoms with Crippen LogP contribution in [0.4, 0.5) is 5.13 Å². The molecule has 0 radical (unpaired) electrons. The van der Waals surface area contributed by atoms with Gasteiger partial charge in [-0.25, -0.2) is 4.98 Å². The van der Waals surface area contributed by atoms with E-state index in [-0.39, 0.29) is 23.1 Å². The number of carbonyl (C=O) groups is 2. The SMILES string of the molecule is COc1ccc(-c2csc(NC(=O)[C@@H](NC(=O)c3ccc(C(C)(C)C)cc3)C(C)C)n2)cc1OC. The number of nitrogens with zero attached hydrogens (tertiary/aromatic N) is 1. The summed E-state index contributed by atoms with van der Waals surface area (Å²) in [5, 5.41) is 8.03. The van der Waals surface area contributed by atoms with Crippen LogP contribution in [0.1, 0.15) is 50.5 Å². The second-order valence-electron chi connectivity index (χ2n) is 9.62. The second kappa shape index (κ2) is 10.9. The van der Waals surface area contributed by atoms with Crippen molar-refractivity contribution < 1.29 is 19.1 Å². The Balaban J connectivity index is 1.71. The topological polar surface area (TPSA) is 89.6 Å². The predicted molar refractivity (Wildman–Crippen MR) is 141 cm³/mol.